The first kappa shape index (κ1) is 14.7. The first-order chi connectivity index (χ1) is 9.41. The number of hydrogen-bond donors (Lipinski definition) is 0. The lowest BCUT2D eigenvalue weighted by molar-refractivity contribution is -0.138. The van der Waals surface area contributed by atoms with E-state index in [0.717, 1.165) is 6.07 Å². The Morgan fingerprint density at radius 3 is 2.60 bits per heavy atom. The van der Waals surface area contributed by atoms with Crippen LogP contribution in [0.4, 0.5) is 13.2 Å². The summed E-state index contributed by atoms with van der Waals surface area (Å²) < 4.78 is 44.2. The average Bonchev–Trinajstić information content (AvgIpc) is 2.40. The third-order valence-corrected chi connectivity index (χ3v) is 3.00. The number of ether oxygens (including phenoxy) is 1. The van der Waals surface area contributed by atoms with Crippen LogP contribution in [0.3, 0.4) is 0 Å². The minimum absolute atomic E-state index is 0.0226. The predicted molar refractivity (Wildman–Crippen MR) is 70.0 cm³/mol. The van der Waals surface area contributed by atoms with Crippen LogP contribution in [0.2, 0.25) is 0 Å². The summed E-state index contributed by atoms with van der Waals surface area (Å²) in [5.41, 5.74) is -0.163. The highest BCUT2D eigenvalue weighted by molar-refractivity contribution is 6.17. The number of pyridine rings is 1. The van der Waals surface area contributed by atoms with E-state index in [9.17, 15) is 13.2 Å². The summed E-state index contributed by atoms with van der Waals surface area (Å²) >= 11 is 5.53. The summed E-state index contributed by atoms with van der Waals surface area (Å²) in [5, 5.41) is 0. The number of halogens is 4. The highest BCUT2D eigenvalue weighted by atomic mass is 35.5. The molecular weight excluding hydrogens is 291 g/mol. The fraction of sp³-hybridized carbons (Fsp3) is 0.214. The number of aromatic nitrogens is 1. The molecule has 1 aromatic carbocycles. The van der Waals surface area contributed by atoms with Crippen LogP contribution in [0.15, 0.2) is 36.5 Å². The van der Waals surface area contributed by atoms with E-state index in [1.54, 1.807) is 25.3 Å². The summed E-state index contributed by atoms with van der Waals surface area (Å²) in [4.78, 5) is 4.01. The molecule has 0 N–H and O–H groups in total. The van der Waals surface area contributed by atoms with Crippen molar-refractivity contribution in [3.63, 3.8) is 0 Å². The van der Waals surface area contributed by atoms with Gasteiger partial charge in [-0.1, -0.05) is 6.07 Å². The maximum absolute atomic E-state index is 12.9. The Labute approximate surface area is 119 Å². The van der Waals surface area contributed by atoms with Gasteiger partial charge in [0.2, 0.25) is 0 Å². The molecule has 1 heterocycles. The lowest BCUT2D eigenvalue weighted by Crippen LogP contribution is -2.08. The van der Waals surface area contributed by atoms with Crippen molar-refractivity contribution in [2.75, 3.05) is 0 Å². The summed E-state index contributed by atoms with van der Waals surface area (Å²) in [6, 6.07) is 7.02. The van der Waals surface area contributed by atoms with Gasteiger partial charge in [0.05, 0.1) is 11.3 Å². The number of hydrogen-bond acceptors (Lipinski definition) is 2. The van der Waals surface area contributed by atoms with Gasteiger partial charge < -0.3 is 4.74 Å². The van der Waals surface area contributed by atoms with Crippen LogP contribution in [0.1, 0.15) is 16.8 Å². The number of nitrogens with zero attached hydrogens (tertiary/aromatic N) is 1. The minimum atomic E-state index is -4.46. The second-order valence-corrected chi connectivity index (χ2v) is 4.41. The van der Waals surface area contributed by atoms with E-state index < -0.39 is 11.7 Å². The third-order valence-electron chi connectivity index (χ3n) is 2.72. The summed E-state index contributed by atoms with van der Waals surface area (Å²) in [7, 11) is 0. The SMILES string of the molecule is Cc1ncccc1Oc1ccc(CCl)c(C(F)(F)F)c1. The molecule has 0 unspecified atom stereocenters. The fourth-order valence-corrected chi connectivity index (χ4v) is 1.94. The van der Waals surface area contributed by atoms with Crippen molar-refractivity contribution >= 4 is 11.6 Å². The first-order valence-corrected chi connectivity index (χ1v) is 6.31. The molecular formula is C14H11ClF3NO. The van der Waals surface area contributed by atoms with Crippen molar-refractivity contribution in [3.8, 4) is 11.5 Å². The van der Waals surface area contributed by atoms with Gasteiger partial charge in [-0.2, -0.15) is 13.2 Å². The second kappa shape index (κ2) is 5.71. The molecule has 20 heavy (non-hydrogen) atoms. The van der Waals surface area contributed by atoms with E-state index >= 15 is 0 Å². The van der Waals surface area contributed by atoms with Gasteiger partial charge in [0.25, 0.3) is 0 Å². The second-order valence-electron chi connectivity index (χ2n) is 4.14. The van der Waals surface area contributed by atoms with Crippen molar-refractivity contribution in [1.29, 1.82) is 0 Å². The molecule has 0 saturated heterocycles. The Morgan fingerprint density at radius 1 is 1.25 bits per heavy atom. The number of rotatable bonds is 3. The molecule has 2 aromatic rings. The minimum Gasteiger partial charge on any atom is -0.455 e. The lowest BCUT2D eigenvalue weighted by atomic mass is 10.1. The molecule has 0 saturated carbocycles. The number of aryl methyl sites for hydroxylation is 1. The van der Waals surface area contributed by atoms with Crippen LogP contribution >= 0.6 is 11.6 Å². The Kier molecular flexibility index (Phi) is 4.18. The van der Waals surface area contributed by atoms with Crippen molar-refractivity contribution in [2.24, 2.45) is 0 Å². The van der Waals surface area contributed by atoms with E-state index in [4.69, 9.17) is 16.3 Å². The van der Waals surface area contributed by atoms with Crippen LogP contribution in [-0.4, -0.2) is 4.98 Å². The molecule has 0 aliphatic rings. The van der Waals surface area contributed by atoms with Crippen molar-refractivity contribution < 1.29 is 17.9 Å². The monoisotopic (exact) mass is 301 g/mol. The van der Waals surface area contributed by atoms with E-state index in [1.165, 1.54) is 12.1 Å². The molecule has 0 fully saturated rings. The normalized spacial score (nSPS) is 11.4. The third kappa shape index (κ3) is 3.22. The largest absolute Gasteiger partial charge is 0.455 e. The Hall–Kier alpha value is -1.75. The molecule has 2 nitrogen and oxygen atoms in total. The van der Waals surface area contributed by atoms with Gasteiger partial charge in [0.1, 0.15) is 11.5 Å². The topological polar surface area (TPSA) is 22.1 Å². The van der Waals surface area contributed by atoms with Crippen molar-refractivity contribution in [3.05, 3.63) is 53.3 Å². The molecule has 106 valence electrons. The van der Waals surface area contributed by atoms with Crippen molar-refractivity contribution in [1.82, 2.24) is 4.98 Å². The quantitative estimate of drug-likeness (QED) is 0.749. The zero-order chi connectivity index (χ0) is 14.8. The highest BCUT2D eigenvalue weighted by Gasteiger charge is 2.33. The van der Waals surface area contributed by atoms with Gasteiger partial charge >= 0.3 is 6.18 Å². The maximum atomic E-state index is 12.9. The summed E-state index contributed by atoms with van der Waals surface area (Å²) in [6.07, 6.45) is -2.88. The molecule has 0 amide bonds. The Morgan fingerprint density at radius 2 is 2.00 bits per heavy atom. The van der Waals surface area contributed by atoms with Crippen LogP contribution < -0.4 is 4.74 Å². The molecule has 2 rings (SSSR count). The zero-order valence-corrected chi connectivity index (χ0v) is 11.3. The van der Waals surface area contributed by atoms with Gasteiger partial charge in [-0.05, 0) is 36.8 Å². The molecule has 0 bridgehead atoms. The number of benzene rings is 1. The molecule has 0 aliphatic carbocycles. The first-order valence-electron chi connectivity index (χ1n) is 5.77. The molecule has 0 atom stereocenters. The molecule has 6 heteroatoms. The molecule has 0 spiro atoms. The van der Waals surface area contributed by atoms with E-state index in [1.807, 2.05) is 0 Å². The van der Waals surface area contributed by atoms with Gasteiger partial charge in [0.15, 0.2) is 0 Å². The number of alkyl halides is 4. The summed E-state index contributed by atoms with van der Waals surface area (Å²) in [5.74, 6) is 0.308. The fourth-order valence-electron chi connectivity index (χ4n) is 1.70. The molecule has 0 radical (unpaired) electrons. The van der Waals surface area contributed by atoms with Gasteiger partial charge in [-0.15, -0.1) is 11.6 Å². The van der Waals surface area contributed by atoms with Gasteiger partial charge in [0, 0.05) is 12.1 Å². The lowest BCUT2D eigenvalue weighted by Gasteiger charge is -2.14. The van der Waals surface area contributed by atoms with Crippen LogP contribution in [0, 0.1) is 6.92 Å². The molecule has 0 aliphatic heterocycles. The zero-order valence-electron chi connectivity index (χ0n) is 10.5. The maximum Gasteiger partial charge on any atom is 0.416 e. The van der Waals surface area contributed by atoms with Crippen LogP contribution in [0.25, 0.3) is 0 Å². The molecule has 1 aromatic heterocycles. The van der Waals surface area contributed by atoms with Crippen molar-refractivity contribution in [2.45, 2.75) is 19.0 Å². The summed E-state index contributed by atoms with van der Waals surface area (Å²) in [6.45, 7) is 1.72. The van der Waals surface area contributed by atoms with Gasteiger partial charge in [-0.25, -0.2) is 0 Å². The van der Waals surface area contributed by atoms with E-state index in [-0.39, 0.29) is 17.2 Å². The average molecular weight is 302 g/mol. The van der Waals surface area contributed by atoms with Crippen LogP contribution in [-0.2, 0) is 12.1 Å². The smallest absolute Gasteiger partial charge is 0.416 e. The Bertz CT molecular complexity index is 614. The van der Waals surface area contributed by atoms with E-state index in [2.05, 4.69) is 4.98 Å². The predicted octanol–water partition coefficient (Wildman–Crippen LogP) is 4.94. The highest BCUT2D eigenvalue weighted by Crippen LogP contribution is 2.36. The van der Waals surface area contributed by atoms with Crippen LogP contribution in [0.5, 0.6) is 11.5 Å². The van der Waals surface area contributed by atoms with Gasteiger partial charge in [-0.3, -0.25) is 4.98 Å². The Balaban J connectivity index is 2.37. The standard InChI is InChI=1S/C14H11ClF3NO/c1-9-13(3-2-6-19-9)20-11-5-4-10(8-15)12(7-11)14(16,17)18/h2-7H,8H2,1H3. The van der Waals surface area contributed by atoms with E-state index in [0.29, 0.717) is 11.4 Å².